The van der Waals surface area contributed by atoms with E-state index in [0.29, 0.717) is 11.2 Å². The summed E-state index contributed by atoms with van der Waals surface area (Å²) in [4.78, 5) is 11.7. The Labute approximate surface area is 118 Å². The van der Waals surface area contributed by atoms with Gasteiger partial charge in [0.25, 0.3) is 5.56 Å². The van der Waals surface area contributed by atoms with Crippen LogP contribution < -0.4 is 10.9 Å². The van der Waals surface area contributed by atoms with Gasteiger partial charge in [-0.2, -0.15) is 18.3 Å². The van der Waals surface area contributed by atoms with Crippen LogP contribution in [0.15, 0.2) is 11.0 Å². The minimum Gasteiger partial charge on any atom is -0.382 e. The van der Waals surface area contributed by atoms with Crippen LogP contribution >= 0.6 is 11.6 Å². The molecule has 0 spiro atoms. The first kappa shape index (κ1) is 15.2. The number of nitrogens with zero attached hydrogens (tertiary/aromatic N) is 2. The zero-order chi connectivity index (χ0) is 15.0. The highest BCUT2D eigenvalue weighted by Crippen LogP contribution is 2.48. The van der Waals surface area contributed by atoms with Crippen molar-refractivity contribution >= 4 is 17.3 Å². The number of aromatic nitrogens is 2. The van der Waals surface area contributed by atoms with Crippen molar-refractivity contribution in [3.8, 4) is 0 Å². The van der Waals surface area contributed by atoms with E-state index in [0.717, 1.165) is 19.3 Å². The number of hydrogen-bond donors (Lipinski definition) is 1. The number of halogens is 4. The second-order valence-corrected chi connectivity index (χ2v) is 5.54. The Bertz CT molecular complexity index is 552. The van der Waals surface area contributed by atoms with Crippen molar-refractivity contribution in [1.29, 1.82) is 0 Å². The molecule has 1 aliphatic rings. The molecule has 1 fully saturated rings. The van der Waals surface area contributed by atoms with Crippen molar-refractivity contribution in [1.82, 2.24) is 9.78 Å². The van der Waals surface area contributed by atoms with Gasteiger partial charge in [0.2, 0.25) is 0 Å². The molecular formula is C12H15ClF3N3O. The summed E-state index contributed by atoms with van der Waals surface area (Å²) in [6.07, 6.45) is -0.119. The molecule has 1 aromatic rings. The molecule has 1 aromatic heterocycles. The molecule has 20 heavy (non-hydrogen) atoms. The van der Waals surface area contributed by atoms with Crippen molar-refractivity contribution in [3.05, 3.63) is 21.6 Å². The highest BCUT2D eigenvalue weighted by atomic mass is 35.5. The van der Waals surface area contributed by atoms with Gasteiger partial charge in [-0.3, -0.25) is 4.79 Å². The van der Waals surface area contributed by atoms with Crippen LogP contribution in [-0.2, 0) is 6.54 Å². The third kappa shape index (κ3) is 3.45. The lowest BCUT2D eigenvalue weighted by Gasteiger charge is -2.16. The molecule has 1 N–H and O–H groups in total. The predicted octanol–water partition coefficient (Wildman–Crippen LogP) is 3.06. The molecule has 0 aliphatic heterocycles. The smallest absolute Gasteiger partial charge is 0.382 e. The minimum absolute atomic E-state index is 0.226. The van der Waals surface area contributed by atoms with Crippen LogP contribution in [0.2, 0.25) is 5.02 Å². The van der Waals surface area contributed by atoms with Crippen molar-refractivity contribution in [2.45, 2.75) is 38.9 Å². The van der Waals surface area contributed by atoms with Crippen molar-refractivity contribution < 1.29 is 13.2 Å². The maximum Gasteiger partial charge on any atom is 0.408 e. The molecular weight excluding hydrogens is 295 g/mol. The van der Waals surface area contributed by atoms with Crippen LogP contribution in [0.4, 0.5) is 18.9 Å². The van der Waals surface area contributed by atoms with E-state index < -0.39 is 18.3 Å². The van der Waals surface area contributed by atoms with E-state index >= 15 is 0 Å². The van der Waals surface area contributed by atoms with Crippen molar-refractivity contribution in [3.63, 3.8) is 0 Å². The van der Waals surface area contributed by atoms with Gasteiger partial charge in [0.15, 0.2) is 0 Å². The number of anilines is 1. The number of alkyl halides is 3. The summed E-state index contributed by atoms with van der Waals surface area (Å²) in [5.41, 5.74) is -0.422. The molecule has 0 amide bonds. The fourth-order valence-electron chi connectivity index (χ4n) is 1.99. The Balaban J connectivity index is 2.12. The third-order valence-corrected chi connectivity index (χ3v) is 4.04. The normalized spacial score (nSPS) is 17.1. The van der Waals surface area contributed by atoms with Gasteiger partial charge in [-0.25, -0.2) is 4.68 Å². The summed E-state index contributed by atoms with van der Waals surface area (Å²) in [6, 6.07) is 0. The van der Waals surface area contributed by atoms with Crippen LogP contribution in [0.25, 0.3) is 0 Å². The SMILES string of the molecule is CCC1(CNc2cnn(CC(F)(F)F)c(=O)c2Cl)CC1. The number of rotatable bonds is 5. The fourth-order valence-corrected chi connectivity index (χ4v) is 2.20. The lowest BCUT2D eigenvalue weighted by atomic mass is 10.0. The van der Waals surface area contributed by atoms with E-state index in [2.05, 4.69) is 17.3 Å². The monoisotopic (exact) mass is 309 g/mol. The van der Waals surface area contributed by atoms with Gasteiger partial charge in [0, 0.05) is 6.54 Å². The van der Waals surface area contributed by atoms with E-state index in [1.807, 2.05) is 0 Å². The molecule has 112 valence electrons. The van der Waals surface area contributed by atoms with Crippen LogP contribution in [-0.4, -0.2) is 22.5 Å². The molecule has 0 saturated heterocycles. The third-order valence-electron chi connectivity index (χ3n) is 3.67. The van der Waals surface area contributed by atoms with Gasteiger partial charge in [-0.05, 0) is 24.7 Å². The lowest BCUT2D eigenvalue weighted by Crippen LogP contribution is -2.31. The van der Waals surface area contributed by atoms with E-state index in [-0.39, 0.29) is 16.1 Å². The second kappa shape index (κ2) is 5.27. The second-order valence-electron chi connectivity index (χ2n) is 5.16. The summed E-state index contributed by atoms with van der Waals surface area (Å²) in [5.74, 6) is 0. The molecule has 1 saturated carbocycles. The van der Waals surface area contributed by atoms with Crippen molar-refractivity contribution in [2.75, 3.05) is 11.9 Å². The zero-order valence-corrected chi connectivity index (χ0v) is 11.7. The van der Waals surface area contributed by atoms with Crippen molar-refractivity contribution in [2.24, 2.45) is 5.41 Å². The summed E-state index contributed by atoms with van der Waals surface area (Å²) >= 11 is 5.82. The maximum atomic E-state index is 12.3. The van der Waals surface area contributed by atoms with Gasteiger partial charge >= 0.3 is 6.18 Å². The molecule has 2 rings (SSSR count). The molecule has 4 nitrogen and oxygen atoms in total. The van der Waals surface area contributed by atoms with Crippen LogP contribution in [0.5, 0.6) is 0 Å². The summed E-state index contributed by atoms with van der Waals surface area (Å²) in [6.45, 7) is 1.29. The predicted molar refractivity (Wildman–Crippen MR) is 70.0 cm³/mol. The molecule has 0 radical (unpaired) electrons. The standard InChI is InChI=1S/C12H15ClF3N3O/c1-2-11(3-4-11)6-17-8-5-18-19(7-12(14,15)16)10(20)9(8)13/h5,17H,2-4,6-7H2,1H3. The average Bonchev–Trinajstić information content (AvgIpc) is 3.13. The Hall–Kier alpha value is -1.24. The van der Waals surface area contributed by atoms with Crippen LogP contribution in [0.1, 0.15) is 26.2 Å². The highest BCUT2D eigenvalue weighted by molar-refractivity contribution is 6.32. The van der Waals surface area contributed by atoms with E-state index in [4.69, 9.17) is 11.6 Å². The Morgan fingerprint density at radius 1 is 1.50 bits per heavy atom. The highest BCUT2D eigenvalue weighted by Gasteiger charge is 2.40. The van der Waals surface area contributed by atoms with E-state index in [9.17, 15) is 18.0 Å². The molecule has 8 heteroatoms. The molecule has 1 aliphatic carbocycles. The molecule has 0 atom stereocenters. The Morgan fingerprint density at radius 3 is 2.65 bits per heavy atom. The average molecular weight is 310 g/mol. The molecule has 1 heterocycles. The Morgan fingerprint density at radius 2 is 2.15 bits per heavy atom. The van der Waals surface area contributed by atoms with Gasteiger partial charge < -0.3 is 5.32 Å². The minimum atomic E-state index is -4.50. The summed E-state index contributed by atoms with van der Waals surface area (Å²) in [7, 11) is 0. The van der Waals surface area contributed by atoms with Crippen LogP contribution in [0.3, 0.4) is 0 Å². The van der Waals surface area contributed by atoms with E-state index in [1.54, 1.807) is 0 Å². The number of hydrogen-bond acceptors (Lipinski definition) is 3. The van der Waals surface area contributed by atoms with Gasteiger partial charge in [0.1, 0.15) is 11.6 Å². The van der Waals surface area contributed by atoms with Crippen LogP contribution in [0, 0.1) is 5.41 Å². The maximum absolute atomic E-state index is 12.3. The number of nitrogens with one attached hydrogen (secondary N) is 1. The largest absolute Gasteiger partial charge is 0.408 e. The topological polar surface area (TPSA) is 46.9 Å². The zero-order valence-electron chi connectivity index (χ0n) is 10.9. The molecule has 0 unspecified atom stereocenters. The Kier molecular flexibility index (Phi) is 4.00. The van der Waals surface area contributed by atoms with Gasteiger partial charge in [-0.15, -0.1) is 0 Å². The first-order chi connectivity index (χ1) is 9.26. The van der Waals surface area contributed by atoms with Gasteiger partial charge in [-0.1, -0.05) is 18.5 Å². The lowest BCUT2D eigenvalue weighted by molar-refractivity contribution is -0.143. The van der Waals surface area contributed by atoms with E-state index in [1.165, 1.54) is 6.20 Å². The first-order valence-electron chi connectivity index (χ1n) is 6.33. The summed E-state index contributed by atoms with van der Waals surface area (Å²) < 4.78 is 37.1. The quantitative estimate of drug-likeness (QED) is 0.909. The summed E-state index contributed by atoms with van der Waals surface area (Å²) in [5, 5.41) is 6.26. The molecule has 0 bridgehead atoms. The van der Waals surface area contributed by atoms with Gasteiger partial charge in [0.05, 0.1) is 11.9 Å². The fraction of sp³-hybridized carbons (Fsp3) is 0.667. The molecule has 0 aromatic carbocycles. The first-order valence-corrected chi connectivity index (χ1v) is 6.70.